The number of hydrogen-bond acceptors (Lipinski definition) is 1. The number of hydrogen-bond donors (Lipinski definition) is 0. The summed E-state index contributed by atoms with van der Waals surface area (Å²) in [6, 6.07) is 3.91. The van der Waals surface area contributed by atoms with E-state index >= 15 is 0 Å². The molecule has 1 heterocycles. The van der Waals surface area contributed by atoms with Crippen LogP contribution in [0.2, 0.25) is 0 Å². The Bertz CT molecular complexity index is 140. The second kappa shape index (κ2) is 1.77. The van der Waals surface area contributed by atoms with E-state index in [1.807, 2.05) is 36.8 Å². The van der Waals surface area contributed by atoms with Crippen LogP contribution in [0.25, 0.3) is 0 Å². The van der Waals surface area contributed by atoms with E-state index in [0.29, 0.717) is 0 Å². The van der Waals surface area contributed by atoms with Gasteiger partial charge in [-0.25, -0.2) is 0 Å². The average molecular weight is 88.0 g/mol. The zero-order valence-corrected chi connectivity index (χ0v) is 4.56. The molecule has 0 aromatic carbocycles. The first kappa shape index (κ1) is 5.02. The fraction of sp³-hybridized carbons (Fsp3) is 0.200. The summed E-state index contributed by atoms with van der Waals surface area (Å²) in [5.41, 5.74) is 0. The van der Waals surface area contributed by atoms with Crippen LogP contribution in [-0.4, -0.2) is 17.7 Å². The van der Waals surface area contributed by atoms with Crippen LogP contribution in [0.4, 0.5) is 0 Å². The minimum absolute atomic E-state index is 0.984. The van der Waals surface area contributed by atoms with Crippen molar-refractivity contribution in [1.82, 2.24) is 0 Å². The molecule has 0 radical (unpaired) electrons. The molecule has 0 atom stereocenters. The van der Waals surface area contributed by atoms with Crippen molar-refractivity contribution in [3.63, 3.8) is 0 Å². The summed E-state index contributed by atoms with van der Waals surface area (Å²) in [4.78, 5) is 0. The van der Waals surface area contributed by atoms with Gasteiger partial charge < -0.3 is 0 Å². The summed E-state index contributed by atoms with van der Waals surface area (Å²) in [7, 11) is 0. The van der Waals surface area contributed by atoms with E-state index in [2.05, 4.69) is 0 Å². The van der Waals surface area contributed by atoms with Gasteiger partial charge in [-0.05, 0) is 0 Å². The van der Waals surface area contributed by atoms with Crippen molar-refractivity contribution in [3.05, 3.63) is 17.9 Å². The Balaban J connectivity index is 3.04. The molecule has 0 aliphatic carbocycles. The minimum atomic E-state index is 0.984. The van der Waals surface area contributed by atoms with Gasteiger partial charge in [0, 0.05) is 0 Å². The maximum atomic E-state index is 5.08. The predicted molar refractivity (Wildman–Crippen MR) is 28.8 cm³/mol. The summed E-state index contributed by atoms with van der Waals surface area (Å²) in [5.74, 6) is 0.984. The standard InChI is InChI=1S/C5H5O.Li/c1-5-3-2-4-6-5;/h2-3H,1H3;. The van der Waals surface area contributed by atoms with Gasteiger partial charge >= 0.3 is 51.4 Å². The molecule has 0 unspecified atom stereocenters. The van der Waals surface area contributed by atoms with Crippen molar-refractivity contribution in [2.75, 3.05) is 0 Å². The Morgan fingerprint density at radius 3 is 2.43 bits per heavy atom. The van der Waals surface area contributed by atoms with Crippen LogP contribution >= 0.6 is 0 Å². The van der Waals surface area contributed by atoms with Gasteiger partial charge in [-0.2, -0.15) is 0 Å². The second-order valence-electron chi connectivity index (χ2n) is 1.66. The van der Waals surface area contributed by atoms with Crippen LogP contribution in [0.1, 0.15) is 5.76 Å². The Morgan fingerprint density at radius 2 is 2.29 bits per heavy atom. The van der Waals surface area contributed by atoms with E-state index < -0.39 is 0 Å². The van der Waals surface area contributed by atoms with Crippen LogP contribution in [0.15, 0.2) is 16.5 Å². The first-order chi connectivity index (χ1) is 3.29. The van der Waals surface area contributed by atoms with Crippen molar-refractivity contribution < 1.29 is 4.42 Å². The second-order valence-corrected chi connectivity index (χ2v) is 1.66. The van der Waals surface area contributed by atoms with Crippen molar-refractivity contribution in [1.29, 1.82) is 0 Å². The number of furan rings is 1. The molecule has 0 bridgehead atoms. The van der Waals surface area contributed by atoms with Crippen molar-refractivity contribution in [3.8, 4) is 0 Å². The Hall–Kier alpha value is -0.123. The summed E-state index contributed by atoms with van der Waals surface area (Å²) in [6.07, 6.45) is 0. The normalized spacial score (nSPS) is 9.57. The molecule has 0 N–H and O–H groups in total. The summed E-state index contributed by atoms with van der Waals surface area (Å²) < 4.78 is 6.07. The van der Waals surface area contributed by atoms with Crippen LogP contribution in [-0.2, 0) is 0 Å². The number of rotatable bonds is 0. The van der Waals surface area contributed by atoms with E-state index in [9.17, 15) is 0 Å². The van der Waals surface area contributed by atoms with Gasteiger partial charge in [-0.3, -0.25) is 0 Å². The van der Waals surface area contributed by atoms with Gasteiger partial charge in [-0.15, -0.1) is 0 Å². The topological polar surface area (TPSA) is 13.1 Å². The fourth-order valence-electron chi connectivity index (χ4n) is 0.557. The molecular weight excluding hydrogens is 83.0 g/mol. The van der Waals surface area contributed by atoms with Crippen molar-refractivity contribution in [2.45, 2.75) is 6.92 Å². The van der Waals surface area contributed by atoms with Gasteiger partial charge in [0.05, 0.1) is 0 Å². The zero-order chi connectivity index (χ0) is 5.28. The quantitative estimate of drug-likeness (QED) is 0.418. The van der Waals surface area contributed by atoms with Crippen LogP contribution in [0, 0.1) is 6.92 Å². The van der Waals surface area contributed by atoms with Gasteiger partial charge in [0.2, 0.25) is 0 Å². The van der Waals surface area contributed by atoms with E-state index in [1.54, 1.807) is 0 Å². The fourth-order valence-corrected chi connectivity index (χ4v) is 0.557. The van der Waals surface area contributed by atoms with Gasteiger partial charge in [0.1, 0.15) is 0 Å². The molecule has 0 amide bonds. The molecule has 0 aliphatic rings. The van der Waals surface area contributed by atoms with Gasteiger partial charge in [0.25, 0.3) is 0 Å². The Kier molecular flexibility index (Phi) is 1.27. The summed E-state index contributed by atoms with van der Waals surface area (Å²) >= 11 is 1.94. The summed E-state index contributed by atoms with van der Waals surface area (Å²) in [6.45, 7) is 1.94. The molecule has 7 heavy (non-hydrogen) atoms. The zero-order valence-electron chi connectivity index (χ0n) is 4.56. The third-order valence-corrected chi connectivity index (χ3v) is 0.875. The SMILES string of the molecule is [Li][c]1ccc(C)o1. The molecule has 0 fully saturated rings. The van der Waals surface area contributed by atoms with E-state index in [0.717, 1.165) is 10.2 Å². The van der Waals surface area contributed by atoms with Gasteiger partial charge in [0.15, 0.2) is 0 Å². The van der Waals surface area contributed by atoms with Crippen LogP contribution in [0.5, 0.6) is 0 Å². The molecule has 0 aliphatic heterocycles. The molecule has 2 heteroatoms. The third-order valence-electron chi connectivity index (χ3n) is 0.875. The molecule has 0 saturated carbocycles. The van der Waals surface area contributed by atoms with Gasteiger partial charge in [-0.1, -0.05) is 0 Å². The average Bonchev–Trinajstić information content (AvgIpc) is 1.87. The van der Waals surface area contributed by atoms with Crippen LogP contribution in [0.3, 0.4) is 0 Å². The molecule has 1 aromatic heterocycles. The molecule has 1 nitrogen and oxygen atoms in total. The van der Waals surface area contributed by atoms with Crippen molar-refractivity contribution >= 4 is 22.1 Å². The first-order valence-corrected chi connectivity index (χ1v) is 2.32. The molecule has 0 saturated heterocycles. The molecule has 1 aromatic rings. The Morgan fingerprint density at radius 1 is 1.57 bits per heavy atom. The monoisotopic (exact) mass is 88.1 g/mol. The maximum absolute atomic E-state index is 5.08. The van der Waals surface area contributed by atoms with E-state index in [-0.39, 0.29) is 0 Å². The molecular formula is C5H5LiO. The third kappa shape index (κ3) is 1.12. The number of aryl methyl sites for hydroxylation is 1. The predicted octanol–water partition coefficient (Wildman–Crippen LogP) is 0.382. The molecule has 0 spiro atoms. The van der Waals surface area contributed by atoms with E-state index in [4.69, 9.17) is 4.42 Å². The summed E-state index contributed by atoms with van der Waals surface area (Å²) in [5, 5.41) is 0. The molecule has 1 rings (SSSR count). The van der Waals surface area contributed by atoms with E-state index in [1.165, 1.54) is 0 Å². The first-order valence-electron chi connectivity index (χ1n) is 2.32. The van der Waals surface area contributed by atoms with Crippen molar-refractivity contribution in [2.24, 2.45) is 0 Å². The van der Waals surface area contributed by atoms with Crippen LogP contribution < -0.4 is 4.43 Å². The Labute approximate surface area is 51.9 Å². The molecule has 32 valence electrons.